The fraction of sp³-hybridized carbons (Fsp3) is 0.550. The molecule has 6 nitrogen and oxygen atoms in total. The average Bonchev–Trinajstić information content (AvgIpc) is 3.41. The van der Waals surface area contributed by atoms with Crippen LogP contribution >= 0.6 is 0 Å². The summed E-state index contributed by atoms with van der Waals surface area (Å²) in [7, 11) is 0. The number of rotatable bonds is 5. The van der Waals surface area contributed by atoms with E-state index in [1.165, 1.54) is 25.7 Å². The Morgan fingerprint density at radius 2 is 1.81 bits per heavy atom. The zero-order valence-corrected chi connectivity index (χ0v) is 15.1. The minimum atomic E-state index is -0.278. The normalized spacial score (nSPS) is 20.2. The highest BCUT2D eigenvalue weighted by atomic mass is 16.5. The third-order valence-corrected chi connectivity index (χ3v) is 5.84. The molecule has 1 saturated heterocycles. The monoisotopic (exact) mass is 354 g/mol. The Hall–Kier alpha value is -2.21. The van der Waals surface area contributed by atoms with Gasteiger partial charge in [0.25, 0.3) is 0 Å². The molecule has 1 aliphatic heterocycles. The number of amides is 1. The van der Waals surface area contributed by atoms with E-state index >= 15 is 0 Å². The molecule has 2 aromatic rings. The Morgan fingerprint density at radius 1 is 1.08 bits per heavy atom. The molecule has 2 fully saturated rings. The Balaban J connectivity index is 1.41. The highest BCUT2D eigenvalue weighted by Crippen LogP contribution is 2.36. The van der Waals surface area contributed by atoms with Crippen molar-refractivity contribution in [3.63, 3.8) is 0 Å². The van der Waals surface area contributed by atoms with Gasteiger partial charge in [0, 0.05) is 12.1 Å². The number of nitrogens with one attached hydrogen (secondary N) is 1. The first kappa shape index (κ1) is 17.2. The molecule has 138 valence electrons. The first-order valence-corrected chi connectivity index (χ1v) is 9.67. The lowest BCUT2D eigenvalue weighted by Gasteiger charge is -2.43. The van der Waals surface area contributed by atoms with Gasteiger partial charge in [-0.25, -0.2) is 0 Å². The van der Waals surface area contributed by atoms with Crippen LogP contribution in [0.5, 0.6) is 0 Å². The predicted molar refractivity (Wildman–Crippen MR) is 98.2 cm³/mol. The van der Waals surface area contributed by atoms with Crippen LogP contribution in [0.15, 0.2) is 35.2 Å². The molecule has 1 saturated carbocycles. The molecule has 6 heteroatoms. The number of nitrogens with zero attached hydrogens (tertiary/aromatic N) is 3. The van der Waals surface area contributed by atoms with Crippen molar-refractivity contribution >= 4 is 5.91 Å². The number of carbonyl (C=O) groups is 1. The molecule has 0 atom stereocenters. The molecule has 1 amide bonds. The van der Waals surface area contributed by atoms with Crippen LogP contribution in [0.4, 0.5) is 0 Å². The summed E-state index contributed by atoms with van der Waals surface area (Å²) in [6.45, 7) is 2.68. The molecule has 2 heterocycles. The van der Waals surface area contributed by atoms with Gasteiger partial charge in [-0.15, -0.1) is 0 Å². The number of aromatic nitrogens is 2. The topological polar surface area (TPSA) is 71.3 Å². The van der Waals surface area contributed by atoms with Crippen LogP contribution < -0.4 is 5.32 Å². The second kappa shape index (κ2) is 7.58. The molecule has 0 bridgehead atoms. The quantitative estimate of drug-likeness (QED) is 0.893. The first-order valence-electron chi connectivity index (χ1n) is 9.67. The number of hydrogen-bond acceptors (Lipinski definition) is 5. The smallest absolute Gasteiger partial charge is 0.240 e. The molecule has 2 aliphatic rings. The van der Waals surface area contributed by atoms with Crippen molar-refractivity contribution < 1.29 is 9.32 Å². The summed E-state index contributed by atoms with van der Waals surface area (Å²) in [5.74, 6) is 0.789. The lowest BCUT2D eigenvalue weighted by molar-refractivity contribution is -0.135. The third kappa shape index (κ3) is 3.38. The van der Waals surface area contributed by atoms with E-state index in [1.54, 1.807) is 0 Å². The van der Waals surface area contributed by atoms with Crippen LogP contribution in [0.1, 0.15) is 50.5 Å². The summed E-state index contributed by atoms with van der Waals surface area (Å²) in [5, 5.41) is 7.05. The summed E-state index contributed by atoms with van der Waals surface area (Å²) < 4.78 is 4.78. The summed E-state index contributed by atoms with van der Waals surface area (Å²) in [5.41, 5.74) is 1.71. The second-order valence-electron chi connectivity index (χ2n) is 7.42. The maximum Gasteiger partial charge on any atom is 0.240 e. The van der Waals surface area contributed by atoms with Gasteiger partial charge in [-0.3, -0.25) is 9.69 Å². The Bertz CT molecular complexity index is 715. The Kier molecular flexibility index (Phi) is 5.02. The third-order valence-electron chi connectivity index (χ3n) is 5.84. The maximum absolute atomic E-state index is 13.1. The SMILES string of the molecule is O=C(NCc1ccc(-c2ncon2)cc1)C1(N2CCCC2)CCCCC1. The molecule has 1 aromatic carbocycles. The van der Waals surface area contributed by atoms with Crippen LogP contribution in [-0.2, 0) is 11.3 Å². The van der Waals surface area contributed by atoms with E-state index in [1.807, 2.05) is 24.3 Å². The van der Waals surface area contributed by atoms with E-state index < -0.39 is 0 Å². The van der Waals surface area contributed by atoms with Crippen molar-refractivity contribution in [1.29, 1.82) is 0 Å². The van der Waals surface area contributed by atoms with Crippen molar-refractivity contribution in [3.8, 4) is 11.4 Å². The molecule has 1 aliphatic carbocycles. The van der Waals surface area contributed by atoms with Crippen molar-refractivity contribution in [2.45, 2.75) is 57.0 Å². The van der Waals surface area contributed by atoms with Crippen LogP contribution in [0.3, 0.4) is 0 Å². The zero-order chi connectivity index (χ0) is 17.8. The van der Waals surface area contributed by atoms with Crippen LogP contribution in [-0.4, -0.2) is 39.6 Å². The first-order chi connectivity index (χ1) is 12.8. The molecule has 0 radical (unpaired) electrons. The van der Waals surface area contributed by atoms with Gasteiger partial charge >= 0.3 is 0 Å². The molecular formula is C20H26N4O2. The van der Waals surface area contributed by atoms with E-state index in [9.17, 15) is 4.79 Å². The maximum atomic E-state index is 13.1. The Morgan fingerprint density at radius 3 is 2.46 bits per heavy atom. The molecule has 4 rings (SSSR count). The average molecular weight is 354 g/mol. The highest BCUT2D eigenvalue weighted by Gasteiger charge is 2.45. The van der Waals surface area contributed by atoms with Crippen molar-refractivity contribution in [2.24, 2.45) is 0 Å². The number of carbonyl (C=O) groups excluding carboxylic acids is 1. The second-order valence-corrected chi connectivity index (χ2v) is 7.42. The number of likely N-dealkylation sites (tertiary alicyclic amines) is 1. The van der Waals surface area contributed by atoms with Gasteiger partial charge in [0.15, 0.2) is 0 Å². The molecule has 26 heavy (non-hydrogen) atoms. The predicted octanol–water partition coefficient (Wildman–Crippen LogP) is 3.15. The van der Waals surface area contributed by atoms with Gasteiger partial charge in [0.1, 0.15) is 5.54 Å². The summed E-state index contributed by atoms with van der Waals surface area (Å²) in [6, 6.07) is 7.94. The van der Waals surface area contributed by atoms with Crippen molar-refractivity contribution in [2.75, 3.05) is 13.1 Å². The van der Waals surface area contributed by atoms with Crippen molar-refractivity contribution in [1.82, 2.24) is 20.4 Å². The van der Waals surface area contributed by atoms with E-state index in [0.29, 0.717) is 12.4 Å². The summed E-state index contributed by atoms with van der Waals surface area (Å²) in [6.07, 6.45) is 9.31. The van der Waals surface area contributed by atoms with E-state index in [-0.39, 0.29) is 11.4 Å². The number of benzene rings is 1. The molecule has 0 spiro atoms. The highest BCUT2D eigenvalue weighted by molar-refractivity contribution is 5.86. The van der Waals surface area contributed by atoms with Crippen LogP contribution in [0.2, 0.25) is 0 Å². The Labute approximate surface area is 154 Å². The molecule has 0 unspecified atom stereocenters. The van der Waals surface area contributed by atoms with Gasteiger partial charge < -0.3 is 9.84 Å². The minimum Gasteiger partial charge on any atom is -0.350 e. The van der Waals surface area contributed by atoms with Crippen LogP contribution in [0, 0.1) is 0 Å². The minimum absolute atomic E-state index is 0.210. The van der Waals surface area contributed by atoms with E-state index in [2.05, 4.69) is 20.4 Å². The van der Waals surface area contributed by atoms with E-state index in [4.69, 9.17) is 4.52 Å². The summed E-state index contributed by atoms with van der Waals surface area (Å²) in [4.78, 5) is 19.6. The van der Waals surface area contributed by atoms with Gasteiger partial charge in [0.05, 0.1) is 0 Å². The zero-order valence-electron chi connectivity index (χ0n) is 15.1. The van der Waals surface area contributed by atoms with Crippen LogP contribution in [0.25, 0.3) is 11.4 Å². The molecule has 1 N–H and O–H groups in total. The fourth-order valence-corrected chi connectivity index (χ4v) is 4.39. The molecular weight excluding hydrogens is 328 g/mol. The lowest BCUT2D eigenvalue weighted by atomic mass is 9.79. The van der Waals surface area contributed by atoms with Crippen molar-refractivity contribution in [3.05, 3.63) is 36.2 Å². The summed E-state index contributed by atoms with van der Waals surface area (Å²) >= 11 is 0. The molecule has 1 aromatic heterocycles. The van der Waals surface area contributed by atoms with Gasteiger partial charge in [0.2, 0.25) is 18.1 Å². The van der Waals surface area contributed by atoms with E-state index in [0.717, 1.165) is 49.9 Å². The number of hydrogen-bond donors (Lipinski definition) is 1. The van der Waals surface area contributed by atoms with Gasteiger partial charge in [-0.1, -0.05) is 48.7 Å². The lowest BCUT2D eigenvalue weighted by Crippen LogP contribution is -2.58. The standard InChI is InChI=1S/C20H26N4O2/c25-19(20(10-2-1-3-11-20)24-12-4-5-13-24)21-14-16-6-8-17(9-7-16)18-22-15-26-23-18/h6-9,15H,1-5,10-14H2,(H,21,25). The van der Waals surface area contributed by atoms with Gasteiger partial charge in [-0.05, 0) is 44.3 Å². The largest absolute Gasteiger partial charge is 0.350 e. The fourth-order valence-electron chi connectivity index (χ4n) is 4.39. The van der Waals surface area contributed by atoms with Gasteiger partial charge in [-0.2, -0.15) is 4.98 Å².